The first-order chi connectivity index (χ1) is 5.65. The van der Waals surface area contributed by atoms with Gasteiger partial charge >= 0.3 is 0 Å². The van der Waals surface area contributed by atoms with Crippen LogP contribution in [0.15, 0.2) is 0 Å². The molecule has 0 bridgehead atoms. The molecule has 2 amide bonds. The highest BCUT2D eigenvalue weighted by Gasteiger charge is 2.30. The van der Waals surface area contributed by atoms with Gasteiger partial charge in [-0.1, -0.05) is 11.8 Å². The molecule has 1 aliphatic rings. The molecule has 0 aromatic heterocycles. The van der Waals surface area contributed by atoms with Gasteiger partial charge < -0.3 is 10.2 Å². The maximum atomic E-state index is 10.9. The van der Waals surface area contributed by atoms with E-state index in [2.05, 4.69) is 0 Å². The number of carbonyl (C=O) groups is 2. The Kier molecular flexibility index (Phi) is 3.07. The number of aliphatic hydroxyl groups excluding tert-OH is 2. The summed E-state index contributed by atoms with van der Waals surface area (Å²) in [5, 5.41) is 17.1. The summed E-state index contributed by atoms with van der Waals surface area (Å²) in [6, 6.07) is 0. The van der Waals surface area contributed by atoms with Crippen LogP contribution < -0.4 is 0 Å². The third kappa shape index (κ3) is 1.96. The Morgan fingerprint density at radius 3 is 2.67 bits per heavy atom. The number of rotatable bonds is 3. The number of hydrogen-bond donors (Lipinski definition) is 2. The van der Waals surface area contributed by atoms with Crippen molar-refractivity contribution < 1.29 is 19.8 Å². The van der Waals surface area contributed by atoms with Gasteiger partial charge in [0.2, 0.25) is 5.91 Å². The molecule has 6 heteroatoms. The van der Waals surface area contributed by atoms with Crippen molar-refractivity contribution in [2.24, 2.45) is 0 Å². The summed E-state index contributed by atoms with van der Waals surface area (Å²) in [7, 11) is 0. The van der Waals surface area contributed by atoms with Crippen molar-refractivity contribution in [3.8, 4) is 0 Å². The highest BCUT2D eigenvalue weighted by molar-refractivity contribution is 8.14. The minimum Gasteiger partial charge on any atom is -0.394 e. The topological polar surface area (TPSA) is 77.8 Å². The van der Waals surface area contributed by atoms with E-state index in [9.17, 15) is 9.59 Å². The van der Waals surface area contributed by atoms with E-state index in [0.717, 1.165) is 16.7 Å². The second-order valence-corrected chi connectivity index (χ2v) is 3.32. The van der Waals surface area contributed by atoms with E-state index in [-0.39, 0.29) is 23.4 Å². The first kappa shape index (κ1) is 9.50. The molecule has 0 saturated carbocycles. The maximum Gasteiger partial charge on any atom is 0.288 e. The summed E-state index contributed by atoms with van der Waals surface area (Å²) < 4.78 is 0. The number of β-amino-alcohol motifs (C(OH)–C–C–N with tert-alkyl or cyclic N) is 1. The Morgan fingerprint density at radius 2 is 2.25 bits per heavy atom. The van der Waals surface area contributed by atoms with Gasteiger partial charge in [0.25, 0.3) is 5.24 Å². The average Bonchev–Trinajstić information content (AvgIpc) is 2.35. The van der Waals surface area contributed by atoms with Crippen LogP contribution in [-0.4, -0.2) is 51.3 Å². The lowest BCUT2D eigenvalue weighted by molar-refractivity contribution is -0.125. The van der Waals surface area contributed by atoms with Crippen molar-refractivity contribution >= 4 is 22.9 Å². The second kappa shape index (κ2) is 3.88. The van der Waals surface area contributed by atoms with Crippen LogP contribution in [0.2, 0.25) is 0 Å². The Morgan fingerprint density at radius 1 is 1.58 bits per heavy atom. The first-order valence-electron chi connectivity index (χ1n) is 3.41. The molecular formula is C6H9NO4S. The van der Waals surface area contributed by atoms with E-state index in [1.54, 1.807) is 0 Å². The van der Waals surface area contributed by atoms with Gasteiger partial charge in [-0.05, 0) is 0 Å². The van der Waals surface area contributed by atoms with E-state index in [4.69, 9.17) is 10.2 Å². The fourth-order valence-corrected chi connectivity index (χ4v) is 1.56. The largest absolute Gasteiger partial charge is 0.394 e. The minimum absolute atomic E-state index is 0.110. The molecule has 68 valence electrons. The second-order valence-electron chi connectivity index (χ2n) is 2.40. The Balaban J connectivity index is 2.50. The van der Waals surface area contributed by atoms with Gasteiger partial charge in [0.1, 0.15) is 0 Å². The Hall–Kier alpha value is -0.590. The highest BCUT2D eigenvalue weighted by Crippen LogP contribution is 2.18. The molecule has 1 atom stereocenters. The Labute approximate surface area is 73.4 Å². The van der Waals surface area contributed by atoms with Gasteiger partial charge in [-0.3, -0.25) is 14.5 Å². The van der Waals surface area contributed by atoms with Gasteiger partial charge in [0, 0.05) is 0 Å². The molecule has 1 fully saturated rings. The molecule has 5 nitrogen and oxygen atoms in total. The summed E-state index contributed by atoms with van der Waals surface area (Å²) in [5.74, 6) is -0.172. The van der Waals surface area contributed by atoms with Crippen LogP contribution in [0.4, 0.5) is 4.79 Å². The minimum atomic E-state index is -1.03. The lowest BCUT2D eigenvalue weighted by atomic mass is 10.3. The fourth-order valence-electron chi connectivity index (χ4n) is 0.826. The molecule has 1 saturated heterocycles. The number of amides is 2. The summed E-state index contributed by atoms with van der Waals surface area (Å²) in [5.41, 5.74) is 0. The van der Waals surface area contributed by atoms with E-state index < -0.39 is 12.7 Å². The number of carbonyl (C=O) groups excluding carboxylic acids is 2. The van der Waals surface area contributed by atoms with Gasteiger partial charge in [0.05, 0.1) is 25.0 Å². The smallest absolute Gasteiger partial charge is 0.288 e. The monoisotopic (exact) mass is 191 g/mol. The predicted octanol–water partition coefficient (Wildman–Crippen LogP) is -0.965. The predicted molar refractivity (Wildman–Crippen MR) is 42.7 cm³/mol. The number of thioether (sulfide) groups is 1. The van der Waals surface area contributed by atoms with Crippen molar-refractivity contribution in [3.63, 3.8) is 0 Å². The lowest BCUT2D eigenvalue weighted by Gasteiger charge is -2.15. The molecule has 1 heterocycles. The third-order valence-electron chi connectivity index (χ3n) is 1.44. The van der Waals surface area contributed by atoms with Crippen LogP contribution in [0.25, 0.3) is 0 Å². The number of hydrogen-bond acceptors (Lipinski definition) is 5. The van der Waals surface area contributed by atoms with Crippen molar-refractivity contribution in [1.29, 1.82) is 0 Å². The van der Waals surface area contributed by atoms with Gasteiger partial charge in [-0.25, -0.2) is 0 Å². The summed E-state index contributed by atoms with van der Waals surface area (Å²) in [4.78, 5) is 22.8. The summed E-state index contributed by atoms with van der Waals surface area (Å²) >= 11 is 0.911. The van der Waals surface area contributed by atoms with E-state index >= 15 is 0 Å². The van der Waals surface area contributed by atoms with Crippen LogP contribution >= 0.6 is 11.8 Å². The maximum absolute atomic E-state index is 10.9. The van der Waals surface area contributed by atoms with Crippen LogP contribution in [0.1, 0.15) is 0 Å². The van der Waals surface area contributed by atoms with E-state index in [1.165, 1.54) is 0 Å². The molecule has 0 aromatic carbocycles. The van der Waals surface area contributed by atoms with Crippen molar-refractivity contribution in [2.75, 3.05) is 18.9 Å². The Bertz CT molecular complexity index is 192. The summed E-state index contributed by atoms with van der Waals surface area (Å²) in [6.45, 7) is -0.553. The SMILES string of the molecule is O=C1CSC(=O)N1CC(O)CO. The van der Waals surface area contributed by atoms with Crippen LogP contribution in [-0.2, 0) is 4.79 Å². The average molecular weight is 191 g/mol. The molecule has 0 aromatic rings. The lowest BCUT2D eigenvalue weighted by Crippen LogP contribution is -2.37. The van der Waals surface area contributed by atoms with Crippen LogP contribution in [0, 0.1) is 0 Å². The molecule has 1 aliphatic heterocycles. The van der Waals surface area contributed by atoms with Crippen molar-refractivity contribution in [1.82, 2.24) is 4.90 Å². The quantitative estimate of drug-likeness (QED) is 0.600. The molecule has 2 N–H and O–H groups in total. The van der Waals surface area contributed by atoms with Crippen molar-refractivity contribution in [3.05, 3.63) is 0 Å². The fraction of sp³-hybridized carbons (Fsp3) is 0.667. The number of aliphatic hydroxyl groups is 2. The van der Waals surface area contributed by atoms with Crippen LogP contribution in [0.3, 0.4) is 0 Å². The molecule has 12 heavy (non-hydrogen) atoms. The molecule has 0 aliphatic carbocycles. The molecular weight excluding hydrogens is 182 g/mol. The summed E-state index contributed by atoms with van der Waals surface area (Å²) in [6.07, 6.45) is -1.03. The zero-order chi connectivity index (χ0) is 9.14. The number of imide groups is 1. The molecule has 0 spiro atoms. The van der Waals surface area contributed by atoms with Crippen molar-refractivity contribution in [2.45, 2.75) is 6.10 Å². The van der Waals surface area contributed by atoms with E-state index in [0.29, 0.717) is 0 Å². The zero-order valence-corrected chi connectivity index (χ0v) is 7.08. The molecule has 1 rings (SSSR count). The molecule has 1 unspecified atom stereocenters. The van der Waals surface area contributed by atoms with Gasteiger partial charge in [-0.2, -0.15) is 0 Å². The third-order valence-corrected chi connectivity index (χ3v) is 2.30. The first-order valence-corrected chi connectivity index (χ1v) is 4.39. The normalized spacial score (nSPS) is 20.3. The molecule has 0 radical (unpaired) electrons. The highest BCUT2D eigenvalue weighted by atomic mass is 32.2. The van der Waals surface area contributed by atoms with Crippen LogP contribution in [0.5, 0.6) is 0 Å². The standard InChI is InChI=1S/C6H9NO4S/c8-2-4(9)1-7-5(10)3-12-6(7)11/h4,8-9H,1-3H2. The number of nitrogens with zero attached hydrogens (tertiary/aromatic N) is 1. The zero-order valence-electron chi connectivity index (χ0n) is 6.27. The van der Waals surface area contributed by atoms with Gasteiger partial charge in [-0.15, -0.1) is 0 Å². The van der Waals surface area contributed by atoms with Gasteiger partial charge in [0.15, 0.2) is 0 Å². The van der Waals surface area contributed by atoms with E-state index in [1.807, 2.05) is 0 Å².